The van der Waals surface area contributed by atoms with Crippen molar-refractivity contribution in [3.63, 3.8) is 0 Å². The lowest BCUT2D eigenvalue weighted by Gasteiger charge is -1.96. The molecular formula is C7H11N3O. The number of hydrogen-bond acceptors (Lipinski definition) is 2. The van der Waals surface area contributed by atoms with Crippen LogP contribution in [0.3, 0.4) is 0 Å². The number of rotatable bonds is 1. The van der Waals surface area contributed by atoms with Crippen molar-refractivity contribution >= 4 is 0 Å². The van der Waals surface area contributed by atoms with Crippen LogP contribution in [0, 0.1) is 5.41 Å². The minimum atomic E-state index is -0.206. The Labute approximate surface area is 64.0 Å². The first-order valence-electron chi connectivity index (χ1n) is 3.74. The predicted octanol–water partition coefficient (Wildman–Crippen LogP) is 0.611. The van der Waals surface area contributed by atoms with Crippen LogP contribution in [-0.2, 0) is 0 Å². The fourth-order valence-corrected chi connectivity index (χ4v) is 1.38. The molecule has 1 aliphatic rings. The van der Waals surface area contributed by atoms with Gasteiger partial charge in [0, 0.05) is 5.92 Å². The molecule has 0 radical (unpaired) electrons. The van der Waals surface area contributed by atoms with E-state index in [2.05, 4.69) is 29.0 Å². The van der Waals surface area contributed by atoms with Gasteiger partial charge in [-0.15, -0.1) is 0 Å². The zero-order chi connectivity index (χ0) is 8.06. The summed E-state index contributed by atoms with van der Waals surface area (Å²) < 4.78 is 0. The Bertz CT molecular complexity index is 322. The molecule has 0 aromatic carbocycles. The van der Waals surface area contributed by atoms with Crippen LogP contribution in [0.25, 0.3) is 0 Å². The van der Waals surface area contributed by atoms with Gasteiger partial charge in [-0.05, 0) is 11.8 Å². The average molecular weight is 153 g/mol. The maximum atomic E-state index is 10.7. The Kier molecular flexibility index (Phi) is 1.06. The van der Waals surface area contributed by atoms with Gasteiger partial charge in [0.1, 0.15) is 5.82 Å². The third-order valence-corrected chi connectivity index (χ3v) is 2.36. The monoisotopic (exact) mass is 153 g/mol. The van der Waals surface area contributed by atoms with Gasteiger partial charge in [0.2, 0.25) is 0 Å². The van der Waals surface area contributed by atoms with Crippen molar-refractivity contribution in [2.45, 2.75) is 26.2 Å². The Morgan fingerprint density at radius 3 is 2.64 bits per heavy atom. The maximum absolute atomic E-state index is 10.7. The first-order valence-corrected chi connectivity index (χ1v) is 3.74. The van der Waals surface area contributed by atoms with Gasteiger partial charge < -0.3 is 0 Å². The van der Waals surface area contributed by atoms with E-state index < -0.39 is 0 Å². The van der Waals surface area contributed by atoms with E-state index in [0.29, 0.717) is 11.3 Å². The molecule has 4 nitrogen and oxygen atoms in total. The fraction of sp³-hybridized carbons (Fsp3) is 0.714. The van der Waals surface area contributed by atoms with Crippen LogP contribution in [0.5, 0.6) is 0 Å². The Morgan fingerprint density at radius 1 is 1.64 bits per heavy atom. The van der Waals surface area contributed by atoms with Crippen molar-refractivity contribution in [1.82, 2.24) is 15.2 Å². The molecule has 0 spiro atoms. The summed E-state index contributed by atoms with van der Waals surface area (Å²) in [6.07, 6.45) is 1.12. The zero-order valence-electron chi connectivity index (χ0n) is 6.64. The minimum absolute atomic E-state index is 0.206. The van der Waals surface area contributed by atoms with E-state index in [1.807, 2.05) is 0 Å². The lowest BCUT2D eigenvalue weighted by atomic mass is 10.1. The van der Waals surface area contributed by atoms with Crippen LogP contribution in [0.15, 0.2) is 4.79 Å². The van der Waals surface area contributed by atoms with Gasteiger partial charge in [0.25, 0.3) is 0 Å². The van der Waals surface area contributed by atoms with E-state index in [1.165, 1.54) is 0 Å². The van der Waals surface area contributed by atoms with Gasteiger partial charge in [-0.25, -0.2) is 9.89 Å². The molecule has 0 aliphatic heterocycles. The second-order valence-corrected chi connectivity index (χ2v) is 3.81. The summed E-state index contributed by atoms with van der Waals surface area (Å²) in [7, 11) is 0. The molecule has 1 saturated carbocycles. The molecule has 2 N–H and O–H groups in total. The molecule has 1 aliphatic carbocycles. The van der Waals surface area contributed by atoms with Gasteiger partial charge in [-0.1, -0.05) is 13.8 Å². The number of H-pyrrole nitrogens is 2. The van der Waals surface area contributed by atoms with Crippen LogP contribution in [0.4, 0.5) is 0 Å². The van der Waals surface area contributed by atoms with Crippen molar-refractivity contribution in [3.05, 3.63) is 16.3 Å². The quantitative estimate of drug-likeness (QED) is 0.621. The summed E-state index contributed by atoms with van der Waals surface area (Å²) >= 11 is 0. The molecule has 1 heterocycles. The normalized spacial score (nSPS) is 26.9. The van der Waals surface area contributed by atoms with E-state index >= 15 is 0 Å². The van der Waals surface area contributed by atoms with Crippen LogP contribution in [-0.4, -0.2) is 15.2 Å². The van der Waals surface area contributed by atoms with Crippen molar-refractivity contribution in [3.8, 4) is 0 Å². The van der Waals surface area contributed by atoms with Crippen LogP contribution < -0.4 is 5.69 Å². The summed E-state index contributed by atoms with van der Waals surface area (Å²) in [4.78, 5) is 13.3. The maximum Gasteiger partial charge on any atom is 0.340 e. The summed E-state index contributed by atoms with van der Waals surface area (Å²) in [6.45, 7) is 4.34. The first kappa shape index (κ1) is 6.64. The number of nitrogens with zero attached hydrogens (tertiary/aromatic N) is 1. The van der Waals surface area contributed by atoms with Crippen LogP contribution in [0.2, 0.25) is 0 Å². The van der Waals surface area contributed by atoms with Crippen molar-refractivity contribution in [1.29, 1.82) is 0 Å². The molecule has 0 saturated heterocycles. The second kappa shape index (κ2) is 1.75. The van der Waals surface area contributed by atoms with E-state index in [9.17, 15) is 4.79 Å². The molecule has 11 heavy (non-hydrogen) atoms. The third kappa shape index (κ3) is 0.982. The van der Waals surface area contributed by atoms with E-state index in [4.69, 9.17) is 0 Å². The zero-order valence-corrected chi connectivity index (χ0v) is 6.64. The summed E-state index contributed by atoms with van der Waals surface area (Å²) in [5, 5.41) is 6.25. The number of nitrogens with one attached hydrogen (secondary N) is 2. The predicted molar refractivity (Wildman–Crippen MR) is 40.3 cm³/mol. The second-order valence-electron chi connectivity index (χ2n) is 3.81. The Balaban J connectivity index is 2.27. The van der Waals surface area contributed by atoms with Gasteiger partial charge in [-0.2, -0.15) is 5.10 Å². The highest BCUT2D eigenvalue weighted by atomic mass is 16.1. The molecule has 2 rings (SSSR count). The lowest BCUT2D eigenvalue weighted by Crippen LogP contribution is -2.01. The topological polar surface area (TPSA) is 61.5 Å². The largest absolute Gasteiger partial charge is 0.340 e. The summed E-state index contributed by atoms with van der Waals surface area (Å²) in [6, 6.07) is 0. The molecular weight excluding hydrogens is 142 g/mol. The van der Waals surface area contributed by atoms with Gasteiger partial charge >= 0.3 is 5.69 Å². The molecule has 60 valence electrons. The number of hydrogen-bond donors (Lipinski definition) is 2. The minimum Gasteiger partial charge on any atom is -0.293 e. The lowest BCUT2D eigenvalue weighted by molar-refractivity contribution is 0.609. The SMILES string of the molecule is CC1(C)CC1c1n[nH]c(=O)[nH]1. The van der Waals surface area contributed by atoms with Gasteiger partial charge in [0.05, 0.1) is 0 Å². The van der Waals surface area contributed by atoms with Crippen molar-refractivity contribution in [2.24, 2.45) is 5.41 Å². The van der Waals surface area contributed by atoms with Crippen molar-refractivity contribution < 1.29 is 0 Å². The molecule has 0 bridgehead atoms. The van der Waals surface area contributed by atoms with E-state index in [1.54, 1.807) is 0 Å². The van der Waals surface area contributed by atoms with Crippen LogP contribution in [0.1, 0.15) is 32.0 Å². The fourth-order valence-electron chi connectivity index (χ4n) is 1.38. The van der Waals surface area contributed by atoms with Crippen molar-refractivity contribution in [2.75, 3.05) is 0 Å². The highest BCUT2D eigenvalue weighted by Crippen LogP contribution is 2.57. The highest BCUT2D eigenvalue weighted by Gasteiger charge is 2.48. The smallest absolute Gasteiger partial charge is 0.293 e. The van der Waals surface area contributed by atoms with Crippen LogP contribution >= 0.6 is 0 Å². The van der Waals surface area contributed by atoms with Gasteiger partial charge in [0.15, 0.2) is 0 Å². The Morgan fingerprint density at radius 2 is 2.27 bits per heavy atom. The molecule has 1 aromatic rings. The molecule has 1 aromatic heterocycles. The highest BCUT2D eigenvalue weighted by molar-refractivity contribution is 5.13. The Hall–Kier alpha value is -1.06. The summed E-state index contributed by atoms with van der Waals surface area (Å²) in [5.41, 5.74) is 0.126. The third-order valence-electron chi connectivity index (χ3n) is 2.36. The molecule has 0 amide bonds. The van der Waals surface area contributed by atoms with E-state index in [-0.39, 0.29) is 5.69 Å². The average Bonchev–Trinajstić information content (AvgIpc) is 2.39. The molecule has 4 heteroatoms. The number of aromatic amines is 2. The summed E-state index contributed by atoms with van der Waals surface area (Å²) in [5.74, 6) is 1.25. The first-order chi connectivity index (χ1) is 5.09. The van der Waals surface area contributed by atoms with Gasteiger partial charge in [-0.3, -0.25) is 4.98 Å². The molecule has 1 unspecified atom stereocenters. The van der Waals surface area contributed by atoms with E-state index in [0.717, 1.165) is 12.2 Å². The number of aromatic nitrogens is 3. The molecule has 1 fully saturated rings. The standard InChI is InChI=1S/C7H11N3O/c1-7(2)3-4(7)5-8-6(11)10-9-5/h4H,3H2,1-2H3,(H2,8,9,10,11). The molecule has 1 atom stereocenters.